The van der Waals surface area contributed by atoms with Crippen LogP contribution < -0.4 is 56.5 Å². The fourth-order valence-electron chi connectivity index (χ4n) is 0.585. The van der Waals surface area contributed by atoms with Gasteiger partial charge in [-0.25, -0.2) is 22.0 Å². The SMILES string of the molecule is [K+].[O-]c1c(F)c(F)c(F)c(F)c1F. The molecular formula is C6F5KO. The van der Waals surface area contributed by atoms with E-state index in [1.165, 1.54) is 0 Å². The minimum absolute atomic E-state index is 0. The molecule has 0 aliphatic heterocycles. The van der Waals surface area contributed by atoms with Crippen molar-refractivity contribution in [3.05, 3.63) is 29.1 Å². The maximum Gasteiger partial charge on any atom is 1.00 e. The summed E-state index contributed by atoms with van der Waals surface area (Å²) in [5.41, 5.74) is 0. The third-order valence-corrected chi connectivity index (χ3v) is 1.17. The number of rotatable bonds is 0. The standard InChI is InChI=1S/C6HF5O.K/c7-1-2(8)4(10)6(12)5(11)3(1)9;/h12H;/q;+1/p-1. The molecule has 0 amide bonds. The van der Waals surface area contributed by atoms with Crippen LogP contribution in [-0.2, 0) is 0 Å². The summed E-state index contributed by atoms with van der Waals surface area (Å²) in [7, 11) is 0. The third-order valence-electron chi connectivity index (χ3n) is 1.17. The van der Waals surface area contributed by atoms with Gasteiger partial charge in [-0.2, -0.15) is 0 Å². The van der Waals surface area contributed by atoms with Crippen LogP contribution in [0.1, 0.15) is 0 Å². The van der Waals surface area contributed by atoms with Gasteiger partial charge in [-0.15, -0.1) is 0 Å². The first-order valence-electron chi connectivity index (χ1n) is 2.65. The van der Waals surface area contributed by atoms with Crippen molar-refractivity contribution in [2.24, 2.45) is 0 Å². The molecular weight excluding hydrogens is 222 g/mol. The van der Waals surface area contributed by atoms with Crippen molar-refractivity contribution >= 4 is 0 Å². The van der Waals surface area contributed by atoms with Crippen molar-refractivity contribution in [2.75, 3.05) is 0 Å². The zero-order valence-corrected chi connectivity index (χ0v) is 9.42. The Labute approximate surface area is 112 Å². The van der Waals surface area contributed by atoms with Crippen LogP contribution in [-0.4, -0.2) is 0 Å². The molecule has 1 rings (SSSR count). The molecule has 0 bridgehead atoms. The Morgan fingerprint density at radius 3 is 1.15 bits per heavy atom. The predicted molar refractivity (Wildman–Crippen MR) is 25.7 cm³/mol. The van der Waals surface area contributed by atoms with Crippen LogP contribution in [0.4, 0.5) is 22.0 Å². The molecule has 0 saturated carbocycles. The summed E-state index contributed by atoms with van der Waals surface area (Å²) in [6.45, 7) is 0. The summed E-state index contributed by atoms with van der Waals surface area (Å²) in [6.07, 6.45) is 0. The fraction of sp³-hybridized carbons (Fsp3) is 0. The molecule has 1 aromatic carbocycles. The molecule has 0 unspecified atom stereocenters. The Morgan fingerprint density at radius 2 is 0.846 bits per heavy atom. The predicted octanol–water partition coefficient (Wildman–Crippen LogP) is -1.54. The molecule has 0 atom stereocenters. The monoisotopic (exact) mass is 222 g/mol. The molecule has 0 aromatic heterocycles. The first-order valence-corrected chi connectivity index (χ1v) is 2.65. The summed E-state index contributed by atoms with van der Waals surface area (Å²) in [5, 5.41) is 10.2. The van der Waals surface area contributed by atoms with Crippen molar-refractivity contribution in [1.82, 2.24) is 0 Å². The van der Waals surface area contributed by atoms with Crippen molar-refractivity contribution in [2.45, 2.75) is 0 Å². The molecule has 0 radical (unpaired) electrons. The Morgan fingerprint density at radius 1 is 0.615 bits per heavy atom. The number of hydrogen-bond donors (Lipinski definition) is 0. The Bertz CT molecular complexity index is 235. The zero-order chi connectivity index (χ0) is 9.46. The van der Waals surface area contributed by atoms with Crippen LogP contribution in [0.2, 0.25) is 0 Å². The maximum atomic E-state index is 12.1. The van der Waals surface area contributed by atoms with Gasteiger partial charge in [0, 0.05) is 0 Å². The molecule has 0 N–H and O–H groups in total. The molecule has 7 heteroatoms. The van der Waals surface area contributed by atoms with Crippen LogP contribution in [0.25, 0.3) is 0 Å². The van der Waals surface area contributed by atoms with Crippen molar-refractivity contribution in [1.29, 1.82) is 0 Å². The maximum absolute atomic E-state index is 12.1. The Hall–Kier alpha value is 0.306. The summed E-state index contributed by atoms with van der Waals surface area (Å²) >= 11 is 0. The zero-order valence-electron chi connectivity index (χ0n) is 6.30. The van der Waals surface area contributed by atoms with E-state index in [9.17, 15) is 27.1 Å². The van der Waals surface area contributed by atoms with Crippen LogP contribution in [0.5, 0.6) is 5.75 Å². The van der Waals surface area contributed by atoms with Gasteiger partial charge in [-0.3, -0.25) is 0 Å². The van der Waals surface area contributed by atoms with Gasteiger partial charge in [0.1, 0.15) is 0 Å². The molecule has 0 heterocycles. The van der Waals surface area contributed by atoms with Gasteiger partial charge < -0.3 is 5.11 Å². The minimum Gasteiger partial charge on any atom is -0.868 e. The van der Waals surface area contributed by atoms with E-state index in [2.05, 4.69) is 0 Å². The van der Waals surface area contributed by atoms with E-state index in [4.69, 9.17) is 0 Å². The number of benzene rings is 1. The third kappa shape index (κ3) is 2.21. The molecule has 0 aliphatic rings. The molecule has 1 nitrogen and oxygen atoms in total. The Balaban J connectivity index is 0.00000144. The van der Waals surface area contributed by atoms with E-state index in [1.54, 1.807) is 0 Å². The molecule has 1 aromatic rings. The second-order valence-corrected chi connectivity index (χ2v) is 1.90. The van der Waals surface area contributed by atoms with Crippen molar-refractivity contribution in [3.8, 4) is 5.75 Å². The van der Waals surface area contributed by atoms with E-state index in [0.29, 0.717) is 0 Å². The molecule has 0 spiro atoms. The summed E-state index contributed by atoms with van der Waals surface area (Å²) in [6, 6.07) is 0. The topological polar surface area (TPSA) is 23.1 Å². The van der Waals surface area contributed by atoms with Gasteiger partial charge in [-0.05, 0) is 5.75 Å². The van der Waals surface area contributed by atoms with Crippen molar-refractivity contribution < 1.29 is 78.4 Å². The van der Waals surface area contributed by atoms with Gasteiger partial charge in [0.15, 0.2) is 29.1 Å². The van der Waals surface area contributed by atoms with E-state index >= 15 is 0 Å². The summed E-state index contributed by atoms with van der Waals surface area (Å²) in [4.78, 5) is 0. The van der Waals surface area contributed by atoms with Crippen LogP contribution in [0.15, 0.2) is 0 Å². The summed E-state index contributed by atoms with van der Waals surface area (Å²) < 4.78 is 60.4. The fourth-order valence-corrected chi connectivity index (χ4v) is 0.585. The Kier molecular flexibility index (Phi) is 4.80. The van der Waals surface area contributed by atoms with E-state index in [1.807, 2.05) is 0 Å². The number of halogens is 5. The molecule has 0 aliphatic carbocycles. The summed E-state index contributed by atoms with van der Waals surface area (Å²) in [5.74, 6) is -13.6. The smallest absolute Gasteiger partial charge is 0.868 e. The van der Waals surface area contributed by atoms with Crippen LogP contribution >= 0.6 is 0 Å². The molecule has 66 valence electrons. The van der Waals surface area contributed by atoms with Crippen LogP contribution in [0, 0.1) is 29.1 Å². The van der Waals surface area contributed by atoms with Gasteiger partial charge in [0.25, 0.3) is 0 Å². The second-order valence-electron chi connectivity index (χ2n) is 1.90. The van der Waals surface area contributed by atoms with Gasteiger partial charge in [0.05, 0.1) is 0 Å². The minimum atomic E-state index is -2.33. The first-order chi connectivity index (χ1) is 5.46. The van der Waals surface area contributed by atoms with Gasteiger partial charge in [0.2, 0.25) is 0 Å². The molecule has 0 saturated heterocycles. The number of hydrogen-bond acceptors (Lipinski definition) is 1. The first kappa shape index (κ1) is 13.3. The molecule has 0 fully saturated rings. The van der Waals surface area contributed by atoms with E-state index in [0.717, 1.165) is 0 Å². The molecule has 13 heavy (non-hydrogen) atoms. The van der Waals surface area contributed by atoms with E-state index in [-0.39, 0.29) is 51.4 Å². The van der Waals surface area contributed by atoms with Crippen LogP contribution in [0.3, 0.4) is 0 Å². The quantitative estimate of drug-likeness (QED) is 0.226. The van der Waals surface area contributed by atoms with Gasteiger partial charge in [-0.1, -0.05) is 0 Å². The largest absolute Gasteiger partial charge is 1.00 e. The average Bonchev–Trinajstić information content (AvgIpc) is 2.08. The van der Waals surface area contributed by atoms with Gasteiger partial charge >= 0.3 is 51.4 Å². The normalized spacial score (nSPS) is 9.62. The van der Waals surface area contributed by atoms with E-state index < -0.39 is 34.8 Å². The second kappa shape index (κ2) is 4.69. The average molecular weight is 222 g/mol. The van der Waals surface area contributed by atoms with Crippen molar-refractivity contribution in [3.63, 3.8) is 0 Å².